The Labute approximate surface area is 115 Å². The van der Waals surface area contributed by atoms with Gasteiger partial charge in [-0.05, 0) is 25.3 Å². The molecule has 2 aliphatic rings. The first-order valence-electron chi connectivity index (χ1n) is 6.75. The molecule has 0 radical (unpaired) electrons. The van der Waals surface area contributed by atoms with Crippen LogP contribution in [0.5, 0.6) is 0 Å². The van der Waals surface area contributed by atoms with E-state index in [2.05, 4.69) is 0 Å². The zero-order valence-corrected chi connectivity index (χ0v) is 10.9. The third-order valence-electron chi connectivity index (χ3n) is 4.06. The van der Waals surface area contributed by atoms with E-state index in [1.54, 1.807) is 4.90 Å². The van der Waals surface area contributed by atoms with E-state index in [0.717, 1.165) is 25.3 Å². The van der Waals surface area contributed by atoms with Crippen LogP contribution in [0.1, 0.15) is 29.6 Å². The molecule has 0 spiro atoms. The quantitative estimate of drug-likeness (QED) is 0.801. The summed E-state index contributed by atoms with van der Waals surface area (Å²) in [5, 5.41) is 0. The molecule has 4 nitrogen and oxygen atoms in total. The maximum Gasteiger partial charge on any atom is 0.257 e. The summed E-state index contributed by atoms with van der Waals surface area (Å²) in [6.45, 7) is 0.877. The number of carbonyl (C=O) groups excluding carboxylic acids is 1. The third-order valence-corrected chi connectivity index (χ3v) is 4.06. The number of fused-ring (bicyclic) bond motifs is 1. The van der Waals surface area contributed by atoms with E-state index in [1.165, 1.54) is 0 Å². The molecule has 108 valence electrons. The van der Waals surface area contributed by atoms with Gasteiger partial charge < -0.3 is 15.4 Å². The monoisotopic (exact) mass is 282 g/mol. The summed E-state index contributed by atoms with van der Waals surface area (Å²) in [5.74, 6) is -2.16. The van der Waals surface area contributed by atoms with Gasteiger partial charge in [-0.3, -0.25) is 4.79 Å². The number of anilines is 1. The lowest BCUT2D eigenvalue weighted by molar-refractivity contribution is -0.0446. The number of nitrogen functional groups attached to an aromatic ring is 1. The smallest absolute Gasteiger partial charge is 0.257 e. The Morgan fingerprint density at radius 3 is 2.90 bits per heavy atom. The van der Waals surface area contributed by atoms with Crippen molar-refractivity contribution in [2.45, 2.75) is 31.4 Å². The second-order valence-corrected chi connectivity index (χ2v) is 5.26. The van der Waals surface area contributed by atoms with Gasteiger partial charge in [0.2, 0.25) is 0 Å². The van der Waals surface area contributed by atoms with Gasteiger partial charge in [-0.15, -0.1) is 0 Å². The maximum absolute atomic E-state index is 13.8. The highest BCUT2D eigenvalue weighted by Gasteiger charge is 2.39. The topological polar surface area (TPSA) is 55.6 Å². The van der Waals surface area contributed by atoms with Crippen LogP contribution in [0.4, 0.5) is 14.5 Å². The maximum atomic E-state index is 13.8. The first-order valence-corrected chi connectivity index (χ1v) is 6.75. The van der Waals surface area contributed by atoms with Crippen LogP contribution < -0.4 is 5.73 Å². The van der Waals surface area contributed by atoms with Crippen LogP contribution in [-0.2, 0) is 4.74 Å². The second kappa shape index (κ2) is 5.01. The number of ether oxygens (including phenoxy) is 1. The van der Waals surface area contributed by atoms with Crippen molar-refractivity contribution in [2.75, 3.05) is 18.9 Å². The Morgan fingerprint density at radius 2 is 2.10 bits per heavy atom. The van der Waals surface area contributed by atoms with Crippen molar-refractivity contribution < 1.29 is 18.3 Å². The van der Waals surface area contributed by atoms with Gasteiger partial charge in [0.15, 0.2) is 0 Å². The summed E-state index contributed by atoms with van der Waals surface area (Å²) in [6, 6.07) is 1.73. The highest BCUT2D eigenvalue weighted by atomic mass is 19.1. The number of halogens is 2. The molecular weight excluding hydrogens is 266 g/mol. The van der Waals surface area contributed by atoms with Crippen LogP contribution >= 0.6 is 0 Å². The fraction of sp³-hybridized carbons (Fsp3) is 0.500. The number of amides is 1. The molecule has 2 N–H and O–H groups in total. The van der Waals surface area contributed by atoms with Crippen molar-refractivity contribution in [3.8, 4) is 0 Å². The number of benzene rings is 1. The van der Waals surface area contributed by atoms with Crippen molar-refractivity contribution >= 4 is 11.6 Å². The van der Waals surface area contributed by atoms with Crippen molar-refractivity contribution in [1.82, 2.24) is 4.90 Å². The van der Waals surface area contributed by atoms with E-state index < -0.39 is 17.5 Å². The molecule has 6 heteroatoms. The predicted octanol–water partition coefficient (Wildman–Crippen LogP) is 1.94. The number of carbonyl (C=O) groups is 1. The van der Waals surface area contributed by atoms with Gasteiger partial charge >= 0.3 is 0 Å². The van der Waals surface area contributed by atoms with Crippen LogP contribution in [-0.4, -0.2) is 36.1 Å². The Hall–Kier alpha value is -1.69. The Bertz CT molecular complexity index is 550. The zero-order valence-electron chi connectivity index (χ0n) is 10.9. The molecule has 0 aromatic heterocycles. The minimum atomic E-state index is -0.872. The number of hydrogen-bond donors (Lipinski definition) is 1. The molecule has 1 saturated carbocycles. The van der Waals surface area contributed by atoms with E-state index in [1.807, 2.05) is 0 Å². The molecule has 2 atom stereocenters. The van der Waals surface area contributed by atoms with Crippen LogP contribution in [0, 0.1) is 11.6 Å². The van der Waals surface area contributed by atoms with Crippen LogP contribution in [0.3, 0.4) is 0 Å². The molecule has 1 aliphatic carbocycles. The normalized spacial score (nSPS) is 25.6. The molecule has 2 fully saturated rings. The molecule has 1 saturated heterocycles. The SMILES string of the molecule is Nc1cc(C(=O)N2CCOC3CCCC32)c(F)cc1F. The lowest BCUT2D eigenvalue weighted by atomic mass is 10.1. The minimum Gasteiger partial charge on any atom is -0.396 e. The molecule has 2 unspecified atom stereocenters. The lowest BCUT2D eigenvalue weighted by Crippen LogP contribution is -2.51. The van der Waals surface area contributed by atoms with E-state index >= 15 is 0 Å². The van der Waals surface area contributed by atoms with Crippen molar-refractivity contribution in [1.29, 1.82) is 0 Å². The molecule has 1 heterocycles. The molecule has 3 rings (SSSR count). The first kappa shape index (κ1) is 13.3. The Kier molecular flexibility index (Phi) is 3.33. The van der Waals surface area contributed by atoms with Crippen molar-refractivity contribution in [3.05, 3.63) is 29.3 Å². The first-order chi connectivity index (χ1) is 9.58. The van der Waals surface area contributed by atoms with Crippen LogP contribution in [0.2, 0.25) is 0 Å². The van der Waals surface area contributed by atoms with Crippen molar-refractivity contribution in [3.63, 3.8) is 0 Å². The van der Waals surface area contributed by atoms with E-state index in [0.29, 0.717) is 19.2 Å². The van der Waals surface area contributed by atoms with Gasteiger partial charge in [0.1, 0.15) is 11.6 Å². The summed E-state index contributed by atoms with van der Waals surface area (Å²) in [7, 11) is 0. The number of nitrogens with two attached hydrogens (primary N) is 1. The van der Waals surface area contributed by atoms with Crippen molar-refractivity contribution in [2.24, 2.45) is 0 Å². The van der Waals surface area contributed by atoms with E-state index in [9.17, 15) is 13.6 Å². The van der Waals surface area contributed by atoms with Gasteiger partial charge in [-0.25, -0.2) is 8.78 Å². The molecule has 0 bridgehead atoms. The molecule has 1 aromatic rings. The van der Waals surface area contributed by atoms with Gasteiger partial charge in [-0.2, -0.15) is 0 Å². The Balaban J connectivity index is 1.90. The average molecular weight is 282 g/mol. The number of morpholine rings is 1. The summed E-state index contributed by atoms with van der Waals surface area (Å²) in [4.78, 5) is 14.1. The van der Waals surface area contributed by atoms with Gasteiger partial charge in [0, 0.05) is 12.6 Å². The molecule has 20 heavy (non-hydrogen) atoms. The third kappa shape index (κ3) is 2.14. The highest BCUT2D eigenvalue weighted by Crippen LogP contribution is 2.31. The van der Waals surface area contributed by atoms with Crippen LogP contribution in [0.25, 0.3) is 0 Å². The highest BCUT2D eigenvalue weighted by molar-refractivity contribution is 5.95. The minimum absolute atomic E-state index is 0.0121. The van der Waals surface area contributed by atoms with Gasteiger partial charge in [0.05, 0.1) is 30.0 Å². The zero-order chi connectivity index (χ0) is 14.3. The fourth-order valence-electron chi connectivity index (χ4n) is 3.06. The van der Waals surface area contributed by atoms with E-state index in [-0.39, 0.29) is 23.4 Å². The van der Waals surface area contributed by atoms with Crippen LogP contribution in [0.15, 0.2) is 12.1 Å². The van der Waals surface area contributed by atoms with E-state index in [4.69, 9.17) is 10.5 Å². The lowest BCUT2D eigenvalue weighted by Gasteiger charge is -2.37. The Morgan fingerprint density at radius 1 is 1.30 bits per heavy atom. The summed E-state index contributed by atoms with van der Waals surface area (Å²) < 4.78 is 32.6. The molecule has 1 aliphatic heterocycles. The predicted molar refractivity (Wildman–Crippen MR) is 69.2 cm³/mol. The van der Waals surface area contributed by atoms with Gasteiger partial charge in [0.25, 0.3) is 5.91 Å². The number of rotatable bonds is 1. The second-order valence-electron chi connectivity index (χ2n) is 5.26. The number of hydrogen-bond acceptors (Lipinski definition) is 3. The van der Waals surface area contributed by atoms with Gasteiger partial charge in [-0.1, -0.05) is 0 Å². The average Bonchev–Trinajstić information content (AvgIpc) is 2.90. The number of nitrogens with zero attached hydrogens (tertiary/aromatic N) is 1. The molecule has 1 amide bonds. The summed E-state index contributed by atoms with van der Waals surface area (Å²) >= 11 is 0. The molecular formula is C14H16F2N2O2. The largest absolute Gasteiger partial charge is 0.396 e. The standard InChI is InChI=1S/C14H16F2N2O2/c15-9-7-10(16)11(17)6-8(9)14(19)18-4-5-20-13-3-1-2-12(13)18/h6-7,12-13H,1-5,17H2. The molecule has 1 aromatic carbocycles. The fourth-order valence-corrected chi connectivity index (χ4v) is 3.06. The summed E-state index contributed by atoms with van der Waals surface area (Å²) in [5.41, 5.74) is 5.04. The summed E-state index contributed by atoms with van der Waals surface area (Å²) in [6.07, 6.45) is 2.80.